The maximum absolute atomic E-state index is 5.97. The third kappa shape index (κ3) is 2.15. The van der Waals surface area contributed by atoms with Gasteiger partial charge in [-0.25, -0.2) is 4.98 Å². The normalized spacial score (nSPS) is 12.8. The molecule has 0 saturated carbocycles. The maximum atomic E-state index is 5.97. The van der Waals surface area contributed by atoms with Crippen LogP contribution in [0.2, 0.25) is 0 Å². The number of thiazole rings is 1. The second kappa shape index (κ2) is 4.36. The van der Waals surface area contributed by atoms with Crippen molar-refractivity contribution in [3.8, 4) is 11.3 Å². The minimum atomic E-state index is 0.0433. The fourth-order valence-electron chi connectivity index (χ4n) is 1.75. The molecule has 0 aliphatic carbocycles. The Hall–Kier alpha value is -1.19. The van der Waals surface area contributed by atoms with E-state index < -0.39 is 0 Å². The molecule has 1 aromatic carbocycles. The molecule has 0 saturated heterocycles. The first kappa shape index (κ1) is 11.3. The molecule has 0 aliphatic heterocycles. The van der Waals surface area contributed by atoms with Crippen molar-refractivity contribution < 1.29 is 0 Å². The van der Waals surface area contributed by atoms with E-state index in [2.05, 4.69) is 36.2 Å². The van der Waals surface area contributed by atoms with Gasteiger partial charge in [0.05, 0.1) is 10.7 Å². The Labute approximate surface area is 100 Å². The first-order chi connectivity index (χ1) is 7.58. The van der Waals surface area contributed by atoms with Gasteiger partial charge in [-0.05, 0) is 26.8 Å². The van der Waals surface area contributed by atoms with Gasteiger partial charge in [0.1, 0.15) is 0 Å². The number of hydrogen-bond donors (Lipinski definition) is 1. The Morgan fingerprint density at radius 1 is 1.31 bits per heavy atom. The Bertz CT molecular complexity index is 500. The molecule has 0 radical (unpaired) electrons. The smallest absolute Gasteiger partial charge is 0.0905 e. The Morgan fingerprint density at radius 2 is 2.06 bits per heavy atom. The van der Waals surface area contributed by atoms with Crippen molar-refractivity contribution in [1.82, 2.24) is 4.98 Å². The van der Waals surface area contributed by atoms with E-state index in [1.807, 2.05) is 13.8 Å². The van der Waals surface area contributed by atoms with Crippen molar-refractivity contribution in [3.05, 3.63) is 39.7 Å². The van der Waals surface area contributed by atoms with Crippen LogP contribution in [-0.4, -0.2) is 4.98 Å². The van der Waals surface area contributed by atoms with Crippen LogP contribution in [0, 0.1) is 13.8 Å². The van der Waals surface area contributed by atoms with Crippen LogP contribution in [0.4, 0.5) is 0 Å². The summed E-state index contributed by atoms with van der Waals surface area (Å²) in [6.45, 7) is 6.12. The number of nitrogens with two attached hydrogens (primary N) is 1. The summed E-state index contributed by atoms with van der Waals surface area (Å²) in [5, 5.41) is 1.07. The molecule has 0 spiro atoms. The van der Waals surface area contributed by atoms with E-state index in [1.54, 1.807) is 11.3 Å². The van der Waals surface area contributed by atoms with E-state index in [1.165, 1.54) is 10.4 Å². The summed E-state index contributed by atoms with van der Waals surface area (Å²) in [5.41, 5.74) is 9.43. The fraction of sp³-hybridized carbons (Fsp3) is 0.308. The first-order valence-electron chi connectivity index (χ1n) is 5.38. The zero-order chi connectivity index (χ0) is 11.7. The number of aromatic nitrogens is 1. The molecule has 3 heteroatoms. The minimum absolute atomic E-state index is 0.0433. The molecule has 1 atom stereocenters. The van der Waals surface area contributed by atoms with E-state index in [-0.39, 0.29) is 6.04 Å². The Kier molecular flexibility index (Phi) is 3.08. The SMILES string of the molecule is Cc1cccc(-c2nc(C)sc2C(C)N)c1. The second-order valence-corrected chi connectivity index (χ2v) is 5.34. The highest BCUT2D eigenvalue weighted by molar-refractivity contribution is 7.12. The lowest BCUT2D eigenvalue weighted by Gasteiger charge is -2.06. The molecule has 16 heavy (non-hydrogen) atoms. The Morgan fingerprint density at radius 3 is 2.69 bits per heavy atom. The predicted molar refractivity (Wildman–Crippen MR) is 69.6 cm³/mol. The van der Waals surface area contributed by atoms with Gasteiger partial charge in [-0.2, -0.15) is 0 Å². The molecule has 2 N–H and O–H groups in total. The molecule has 1 heterocycles. The molecule has 1 aromatic heterocycles. The fourth-order valence-corrected chi connectivity index (χ4v) is 2.65. The van der Waals surface area contributed by atoms with Crippen LogP contribution < -0.4 is 5.73 Å². The monoisotopic (exact) mass is 232 g/mol. The standard InChI is InChI=1S/C13H16N2S/c1-8-5-4-6-11(7-8)12-13(9(2)14)16-10(3)15-12/h4-7,9H,14H2,1-3H3. The van der Waals surface area contributed by atoms with Gasteiger partial charge >= 0.3 is 0 Å². The number of rotatable bonds is 2. The predicted octanol–water partition coefficient (Wildman–Crippen LogP) is 3.45. The molecule has 0 fully saturated rings. The van der Waals surface area contributed by atoms with Gasteiger partial charge in [-0.3, -0.25) is 0 Å². The maximum Gasteiger partial charge on any atom is 0.0905 e. The third-order valence-electron chi connectivity index (χ3n) is 2.47. The van der Waals surface area contributed by atoms with Crippen LogP contribution in [0.5, 0.6) is 0 Å². The lowest BCUT2D eigenvalue weighted by Crippen LogP contribution is -2.04. The highest BCUT2D eigenvalue weighted by Crippen LogP contribution is 2.31. The largest absolute Gasteiger partial charge is 0.323 e. The number of nitrogens with zero attached hydrogens (tertiary/aromatic N) is 1. The Balaban J connectivity index is 2.55. The minimum Gasteiger partial charge on any atom is -0.323 e. The highest BCUT2D eigenvalue weighted by Gasteiger charge is 2.14. The average molecular weight is 232 g/mol. The molecule has 2 nitrogen and oxygen atoms in total. The number of hydrogen-bond acceptors (Lipinski definition) is 3. The van der Waals surface area contributed by atoms with Crippen molar-refractivity contribution >= 4 is 11.3 Å². The van der Waals surface area contributed by atoms with Crippen molar-refractivity contribution in [2.45, 2.75) is 26.8 Å². The van der Waals surface area contributed by atoms with E-state index in [9.17, 15) is 0 Å². The zero-order valence-corrected chi connectivity index (χ0v) is 10.6. The molecule has 84 valence electrons. The van der Waals surface area contributed by atoms with Gasteiger partial charge in [0.2, 0.25) is 0 Å². The van der Waals surface area contributed by atoms with Crippen molar-refractivity contribution in [2.75, 3.05) is 0 Å². The van der Waals surface area contributed by atoms with Crippen LogP contribution in [0.1, 0.15) is 28.4 Å². The van der Waals surface area contributed by atoms with Gasteiger partial charge in [0, 0.05) is 16.5 Å². The van der Waals surface area contributed by atoms with E-state index in [4.69, 9.17) is 5.73 Å². The van der Waals surface area contributed by atoms with Gasteiger partial charge in [0.25, 0.3) is 0 Å². The quantitative estimate of drug-likeness (QED) is 0.861. The summed E-state index contributed by atoms with van der Waals surface area (Å²) in [4.78, 5) is 5.75. The summed E-state index contributed by atoms with van der Waals surface area (Å²) in [7, 11) is 0. The summed E-state index contributed by atoms with van der Waals surface area (Å²) in [5.74, 6) is 0. The molecule has 2 rings (SSSR count). The molecule has 2 aromatic rings. The third-order valence-corrected chi connectivity index (χ3v) is 3.64. The molecule has 0 bridgehead atoms. The second-order valence-electron chi connectivity index (χ2n) is 4.10. The molecule has 0 aliphatic rings. The van der Waals surface area contributed by atoms with Crippen molar-refractivity contribution in [1.29, 1.82) is 0 Å². The van der Waals surface area contributed by atoms with Gasteiger partial charge in [-0.15, -0.1) is 11.3 Å². The zero-order valence-electron chi connectivity index (χ0n) is 9.82. The summed E-state index contributed by atoms with van der Waals surface area (Å²) in [6.07, 6.45) is 0. The summed E-state index contributed by atoms with van der Waals surface area (Å²) < 4.78 is 0. The van der Waals surface area contributed by atoms with Crippen LogP contribution >= 0.6 is 11.3 Å². The average Bonchev–Trinajstić information content (AvgIpc) is 2.60. The molecule has 0 amide bonds. The van der Waals surface area contributed by atoms with Crippen molar-refractivity contribution in [2.24, 2.45) is 5.73 Å². The van der Waals surface area contributed by atoms with Crippen LogP contribution in [0.25, 0.3) is 11.3 Å². The highest BCUT2D eigenvalue weighted by atomic mass is 32.1. The number of aryl methyl sites for hydroxylation is 2. The van der Waals surface area contributed by atoms with Crippen molar-refractivity contribution in [3.63, 3.8) is 0 Å². The topological polar surface area (TPSA) is 38.9 Å². The molecular weight excluding hydrogens is 216 g/mol. The first-order valence-corrected chi connectivity index (χ1v) is 6.19. The van der Waals surface area contributed by atoms with E-state index in [0.717, 1.165) is 16.3 Å². The van der Waals surface area contributed by atoms with Gasteiger partial charge < -0.3 is 5.73 Å². The number of benzene rings is 1. The van der Waals surface area contributed by atoms with Crippen LogP contribution in [-0.2, 0) is 0 Å². The van der Waals surface area contributed by atoms with E-state index in [0.29, 0.717) is 0 Å². The van der Waals surface area contributed by atoms with Gasteiger partial charge in [0.15, 0.2) is 0 Å². The lowest BCUT2D eigenvalue weighted by molar-refractivity contribution is 0.837. The van der Waals surface area contributed by atoms with Gasteiger partial charge in [-0.1, -0.05) is 23.8 Å². The summed E-state index contributed by atoms with van der Waals surface area (Å²) >= 11 is 1.69. The summed E-state index contributed by atoms with van der Waals surface area (Å²) in [6, 6.07) is 8.44. The molecular formula is C13H16N2S. The van der Waals surface area contributed by atoms with Crippen LogP contribution in [0.3, 0.4) is 0 Å². The molecule has 1 unspecified atom stereocenters. The van der Waals surface area contributed by atoms with E-state index >= 15 is 0 Å². The van der Waals surface area contributed by atoms with Crippen LogP contribution in [0.15, 0.2) is 24.3 Å². The lowest BCUT2D eigenvalue weighted by atomic mass is 10.1.